The lowest BCUT2D eigenvalue weighted by Crippen LogP contribution is -2.38. The van der Waals surface area contributed by atoms with Crippen molar-refractivity contribution in [2.75, 3.05) is 26.7 Å². The second-order valence-corrected chi connectivity index (χ2v) is 6.22. The second kappa shape index (κ2) is 7.65. The summed E-state index contributed by atoms with van der Waals surface area (Å²) in [5, 5.41) is 3.68. The average Bonchev–Trinajstić information content (AvgIpc) is 2.63. The Morgan fingerprint density at radius 1 is 1.40 bits per heavy atom. The summed E-state index contributed by atoms with van der Waals surface area (Å²) in [6, 6.07) is 9.06. The van der Waals surface area contributed by atoms with Crippen molar-refractivity contribution in [2.45, 2.75) is 39.3 Å². The highest BCUT2D eigenvalue weighted by Crippen LogP contribution is 2.16. The van der Waals surface area contributed by atoms with E-state index in [9.17, 15) is 0 Å². The van der Waals surface area contributed by atoms with Gasteiger partial charge < -0.3 is 10.1 Å². The first kappa shape index (κ1) is 15.3. The maximum Gasteiger partial charge on any atom is 0.119 e. The van der Waals surface area contributed by atoms with Gasteiger partial charge in [-0.05, 0) is 49.5 Å². The third-order valence-corrected chi connectivity index (χ3v) is 3.86. The van der Waals surface area contributed by atoms with Crippen molar-refractivity contribution >= 4 is 0 Å². The molecule has 0 radical (unpaired) electrons. The molecule has 0 bridgehead atoms. The van der Waals surface area contributed by atoms with Crippen molar-refractivity contribution in [3.05, 3.63) is 29.8 Å². The van der Waals surface area contributed by atoms with Crippen molar-refractivity contribution in [3.63, 3.8) is 0 Å². The van der Waals surface area contributed by atoms with E-state index in [1.165, 1.54) is 24.9 Å². The molecule has 0 amide bonds. The Balaban J connectivity index is 1.95. The molecular formula is C17H28N2O. The van der Waals surface area contributed by atoms with Crippen LogP contribution in [0.4, 0.5) is 0 Å². The standard InChI is InChI=1S/C17H28N2O/c1-14(2)10-16-13-19(9-5-8-18-16)12-15-6-4-7-17(11-15)20-3/h4,6-7,11,14,16,18H,5,8-10,12-13H2,1-3H3. The van der Waals surface area contributed by atoms with Crippen LogP contribution in [0.3, 0.4) is 0 Å². The minimum atomic E-state index is 0.628. The number of ether oxygens (including phenoxy) is 1. The first-order valence-electron chi connectivity index (χ1n) is 7.76. The van der Waals surface area contributed by atoms with E-state index >= 15 is 0 Å². The fraction of sp³-hybridized carbons (Fsp3) is 0.647. The van der Waals surface area contributed by atoms with Gasteiger partial charge in [-0.2, -0.15) is 0 Å². The van der Waals surface area contributed by atoms with Crippen molar-refractivity contribution in [1.29, 1.82) is 0 Å². The number of nitrogens with one attached hydrogen (secondary N) is 1. The van der Waals surface area contributed by atoms with Gasteiger partial charge in [-0.1, -0.05) is 26.0 Å². The molecule has 1 atom stereocenters. The van der Waals surface area contributed by atoms with Crippen molar-refractivity contribution < 1.29 is 4.74 Å². The lowest BCUT2D eigenvalue weighted by atomic mass is 10.0. The molecule has 0 spiro atoms. The Labute approximate surface area is 123 Å². The Morgan fingerprint density at radius 2 is 2.25 bits per heavy atom. The van der Waals surface area contributed by atoms with Gasteiger partial charge in [0.1, 0.15) is 5.75 Å². The maximum atomic E-state index is 5.31. The van der Waals surface area contributed by atoms with Crippen molar-refractivity contribution in [3.8, 4) is 5.75 Å². The van der Waals surface area contributed by atoms with Gasteiger partial charge in [0.15, 0.2) is 0 Å². The smallest absolute Gasteiger partial charge is 0.119 e. The van der Waals surface area contributed by atoms with Gasteiger partial charge in [0.05, 0.1) is 7.11 Å². The highest BCUT2D eigenvalue weighted by atomic mass is 16.5. The predicted octanol–water partition coefficient (Wildman–Crippen LogP) is 2.91. The van der Waals surface area contributed by atoms with Crippen LogP contribution in [-0.4, -0.2) is 37.7 Å². The molecule has 3 nitrogen and oxygen atoms in total. The number of methoxy groups -OCH3 is 1. The molecule has 1 aliphatic heterocycles. The number of benzene rings is 1. The van der Waals surface area contributed by atoms with Crippen LogP contribution in [0.15, 0.2) is 24.3 Å². The lowest BCUT2D eigenvalue weighted by molar-refractivity contribution is 0.247. The quantitative estimate of drug-likeness (QED) is 0.895. The summed E-state index contributed by atoms with van der Waals surface area (Å²) in [4.78, 5) is 2.57. The Bertz CT molecular complexity index is 406. The highest BCUT2D eigenvalue weighted by molar-refractivity contribution is 5.28. The number of hydrogen-bond donors (Lipinski definition) is 1. The summed E-state index contributed by atoms with van der Waals surface area (Å²) < 4.78 is 5.31. The van der Waals surface area contributed by atoms with E-state index in [-0.39, 0.29) is 0 Å². The first-order chi connectivity index (χ1) is 9.67. The summed E-state index contributed by atoms with van der Waals surface area (Å²) >= 11 is 0. The molecule has 3 heteroatoms. The van der Waals surface area contributed by atoms with Crippen LogP contribution in [0.5, 0.6) is 5.75 Å². The minimum absolute atomic E-state index is 0.628. The Morgan fingerprint density at radius 3 is 3.00 bits per heavy atom. The van der Waals surface area contributed by atoms with Crippen molar-refractivity contribution in [1.82, 2.24) is 10.2 Å². The molecule has 1 unspecified atom stereocenters. The van der Waals surface area contributed by atoms with Crippen LogP contribution < -0.4 is 10.1 Å². The van der Waals surface area contributed by atoms with Gasteiger partial charge in [-0.25, -0.2) is 0 Å². The molecule has 1 aromatic rings. The third-order valence-electron chi connectivity index (χ3n) is 3.86. The molecule has 0 saturated carbocycles. The molecule has 112 valence electrons. The average molecular weight is 276 g/mol. The van der Waals surface area contributed by atoms with E-state index in [2.05, 4.69) is 42.3 Å². The number of rotatable bonds is 5. The molecule has 1 N–H and O–H groups in total. The largest absolute Gasteiger partial charge is 0.497 e. The van der Waals surface area contributed by atoms with Gasteiger partial charge in [-0.3, -0.25) is 4.90 Å². The minimum Gasteiger partial charge on any atom is -0.497 e. The molecule has 0 aromatic heterocycles. The zero-order valence-electron chi connectivity index (χ0n) is 13.1. The summed E-state index contributed by atoms with van der Waals surface area (Å²) in [7, 11) is 1.73. The summed E-state index contributed by atoms with van der Waals surface area (Å²) in [5.41, 5.74) is 1.34. The Hall–Kier alpha value is -1.06. The normalized spacial score (nSPS) is 20.9. The zero-order valence-corrected chi connectivity index (χ0v) is 13.1. The SMILES string of the molecule is COc1cccc(CN2CCCNC(CC(C)C)C2)c1. The van der Waals surface area contributed by atoms with Crippen LogP contribution in [0.2, 0.25) is 0 Å². The van der Waals surface area contributed by atoms with Gasteiger partial charge in [0.25, 0.3) is 0 Å². The monoisotopic (exact) mass is 276 g/mol. The second-order valence-electron chi connectivity index (χ2n) is 6.22. The van der Waals surface area contributed by atoms with E-state index in [0.29, 0.717) is 6.04 Å². The predicted molar refractivity (Wildman–Crippen MR) is 84.1 cm³/mol. The fourth-order valence-corrected chi connectivity index (χ4v) is 2.98. The van der Waals surface area contributed by atoms with Crippen molar-refractivity contribution in [2.24, 2.45) is 5.92 Å². The van der Waals surface area contributed by atoms with Crippen LogP contribution in [0.1, 0.15) is 32.3 Å². The van der Waals surface area contributed by atoms with E-state index in [1.54, 1.807) is 7.11 Å². The van der Waals surface area contributed by atoms with Gasteiger partial charge in [0, 0.05) is 19.1 Å². The summed E-state index contributed by atoms with van der Waals surface area (Å²) in [6.45, 7) is 9.10. The molecule has 1 heterocycles. The fourth-order valence-electron chi connectivity index (χ4n) is 2.98. The van der Waals surface area contributed by atoms with Crippen LogP contribution >= 0.6 is 0 Å². The summed E-state index contributed by atoms with van der Waals surface area (Å²) in [6.07, 6.45) is 2.49. The third kappa shape index (κ3) is 4.80. The maximum absolute atomic E-state index is 5.31. The van der Waals surface area contributed by atoms with Gasteiger partial charge in [-0.15, -0.1) is 0 Å². The van der Waals surface area contributed by atoms with E-state index < -0.39 is 0 Å². The molecular weight excluding hydrogens is 248 g/mol. The molecule has 1 aliphatic rings. The van der Waals surface area contributed by atoms with E-state index in [4.69, 9.17) is 4.74 Å². The van der Waals surface area contributed by atoms with E-state index in [0.717, 1.165) is 31.3 Å². The molecule has 1 saturated heterocycles. The number of nitrogens with zero attached hydrogens (tertiary/aromatic N) is 1. The van der Waals surface area contributed by atoms with Gasteiger partial charge in [0.2, 0.25) is 0 Å². The molecule has 20 heavy (non-hydrogen) atoms. The Kier molecular flexibility index (Phi) is 5.86. The van der Waals surface area contributed by atoms with Crippen LogP contribution in [0.25, 0.3) is 0 Å². The molecule has 0 aliphatic carbocycles. The van der Waals surface area contributed by atoms with Crippen LogP contribution in [-0.2, 0) is 6.54 Å². The highest BCUT2D eigenvalue weighted by Gasteiger charge is 2.18. The van der Waals surface area contributed by atoms with Gasteiger partial charge >= 0.3 is 0 Å². The zero-order chi connectivity index (χ0) is 14.4. The topological polar surface area (TPSA) is 24.5 Å². The van der Waals surface area contributed by atoms with Crippen LogP contribution in [0, 0.1) is 5.92 Å². The molecule has 1 aromatic carbocycles. The molecule has 1 fully saturated rings. The summed E-state index contributed by atoms with van der Waals surface area (Å²) in [5.74, 6) is 1.71. The molecule has 2 rings (SSSR count). The van der Waals surface area contributed by atoms with E-state index in [1.807, 2.05) is 6.07 Å². The first-order valence-corrected chi connectivity index (χ1v) is 7.76. The number of hydrogen-bond acceptors (Lipinski definition) is 3. The lowest BCUT2D eigenvalue weighted by Gasteiger charge is -2.25.